The molecule has 3 fully saturated rings. The number of hydrogen-bond acceptors (Lipinski definition) is 5. The number of carbonyl (C=O) groups is 1. The lowest BCUT2D eigenvalue weighted by atomic mass is 9.89. The van der Waals surface area contributed by atoms with Crippen molar-refractivity contribution in [2.45, 2.75) is 76.3 Å². The quantitative estimate of drug-likeness (QED) is 0.563. The van der Waals surface area contributed by atoms with E-state index < -0.39 is 0 Å². The highest BCUT2D eigenvalue weighted by atomic mass is 16.5. The summed E-state index contributed by atoms with van der Waals surface area (Å²) in [6.07, 6.45) is 12.1. The van der Waals surface area contributed by atoms with Gasteiger partial charge >= 0.3 is 0 Å². The van der Waals surface area contributed by atoms with Gasteiger partial charge in [0.15, 0.2) is 5.78 Å². The summed E-state index contributed by atoms with van der Waals surface area (Å²) in [5.74, 6) is 1.33. The molecule has 4 rings (SSSR count). The molecule has 0 spiro atoms. The number of hydrogen-bond donors (Lipinski definition) is 0. The van der Waals surface area contributed by atoms with Crippen LogP contribution < -0.4 is 4.74 Å². The van der Waals surface area contributed by atoms with E-state index in [9.17, 15) is 4.79 Å². The van der Waals surface area contributed by atoms with Crippen LogP contribution in [0.15, 0.2) is 24.3 Å². The monoisotopic (exact) mass is 441 g/mol. The number of rotatable bonds is 9. The van der Waals surface area contributed by atoms with Gasteiger partial charge in [-0.25, -0.2) is 0 Å². The van der Waals surface area contributed by atoms with Crippen molar-refractivity contribution in [2.24, 2.45) is 0 Å². The number of methoxy groups -OCH3 is 1. The number of likely N-dealkylation sites (tertiary alicyclic amines) is 3. The number of carbonyl (C=O) groups excluding carboxylic acids is 1. The first-order chi connectivity index (χ1) is 15.8. The lowest BCUT2D eigenvalue weighted by Crippen LogP contribution is -2.53. The Balaban J connectivity index is 1.59. The van der Waals surface area contributed by atoms with Crippen LogP contribution in [-0.4, -0.2) is 79.4 Å². The van der Waals surface area contributed by atoms with E-state index in [1.807, 2.05) is 0 Å². The number of Topliss-reactive ketones (excluding diaryl/α,β-unsaturated/α-hetero) is 1. The molecule has 3 aliphatic heterocycles. The molecule has 0 N–H and O–H groups in total. The van der Waals surface area contributed by atoms with E-state index in [1.54, 1.807) is 7.11 Å². The average Bonchev–Trinajstić information content (AvgIpc) is 2.87. The molecular weight excluding hydrogens is 398 g/mol. The van der Waals surface area contributed by atoms with E-state index in [0.717, 1.165) is 51.6 Å². The van der Waals surface area contributed by atoms with Crippen LogP contribution in [0.1, 0.15) is 75.8 Å². The second kappa shape index (κ2) is 12.2. The Labute approximate surface area is 195 Å². The zero-order chi connectivity index (χ0) is 22.2. The van der Waals surface area contributed by atoms with Crippen molar-refractivity contribution in [3.63, 3.8) is 0 Å². The third kappa shape index (κ3) is 6.12. The summed E-state index contributed by atoms with van der Waals surface area (Å²) in [6, 6.07) is 8.65. The maximum atomic E-state index is 13.9. The van der Waals surface area contributed by atoms with Gasteiger partial charge < -0.3 is 9.64 Å². The number of ether oxygens (including phenoxy) is 1. The van der Waals surface area contributed by atoms with Gasteiger partial charge in [0.1, 0.15) is 5.75 Å². The van der Waals surface area contributed by atoms with Gasteiger partial charge in [-0.15, -0.1) is 0 Å². The Hall–Kier alpha value is -1.43. The second-order valence-electron chi connectivity index (χ2n) is 9.97. The first-order valence-corrected chi connectivity index (χ1v) is 13.1. The van der Waals surface area contributed by atoms with E-state index >= 15 is 0 Å². The first kappa shape index (κ1) is 23.7. The molecule has 3 heterocycles. The largest absolute Gasteiger partial charge is 0.497 e. The zero-order valence-electron chi connectivity index (χ0n) is 20.1. The van der Waals surface area contributed by atoms with Crippen molar-refractivity contribution < 1.29 is 9.53 Å². The molecule has 2 atom stereocenters. The van der Waals surface area contributed by atoms with Crippen LogP contribution in [0.5, 0.6) is 5.75 Å². The molecule has 0 amide bonds. The molecule has 5 heteroatoms. The average molecular weight is 442 g/mol. The summed E-state index contributed by atoms with van der Waals surface area (Å²) in [6.45, 7) is 7.56. The highest BCUT2D eigenvalue weighted by molar-refractivity contribution is 5.85. The molecule has 0 bridgehead atoms. The van der Waals surface area contributed by atoms with Crippen LogP contribution in [0.2, 0.25) is 0 Å². The highest BCUT2D eigenvalue weighted by Crippen LogP contribution is 2.34. The Morgan fingerprint density at radius 3 is 1.88 bits per heavy atom. The molecule has 2 unspecified atom stereocenters. The van der Waals surface area contributed by atoms with Gasteiger partial charge in [-0.3, -0.25) is 14.6 Å². The molecule has 3 saturated heterocycles. The summed E-state index contributed by atoms with van der Waals surface area (Å²) in [5.41, 5.74) is 1.27. The fourth-order valence-electron chi connectivity index (χ4n) is 5.97. The van der Waals surface area contributed by atoms with Crippen LogP contribution in [0, 0.1) is 0 Å². The van der Waals surface area contributed by atoms with Crippen molar-refractivity contribution >= 4 is 5.78 Å². The summed E-state index contributed by atoms with van der Waals surface area (Å²) in [5, 5.41) is 0. The highest BCUT2D eigenvalue weighted by Gasteiger charge is 2.38. The minimum Gasteiger partial charge on any atom is -0.497 e. The molecule has 1 aromatic carbocycles. The standard InChI is InChI=1S/C27H43N3O2/c1-32-24-13-11-23(12-14-24)26(29-18-7-3-8-19-29)27(30-20-9-4-10-21-30)25(31)15-22-28-16-5-2-6-17-28/h11-14,26-27H,2-10,15-22H2,1H3. The molecule has 0 aromatic heterocycles. The number of nitrogens with zero attached hydrogens (tertiary/aromatic N) is 3. The summed E-state index contributed by atoms with van der Waals surface area (Å²) >= 11 is 0. The molecule has 178 valence electrons. The minimum absolute atomic E-state index is 0.0356. The SMILES string of the molecule is COc1ccc(C(C(C(=O)CCN2CCCCC2)N2CCCCC2)N2CCCCC2)cc1. The Morgan fingerprint density at radius 2 is 1.31 bits per heavy atom. The molecule has 5 nitrogen and oxygen atoms in total. The van der Waals surface area contributed by atoms with Crippen LogP contribution in [-0.2, 0) is 4.79 Å². The van der Waals surface area contributed by atoms with E-state index in [4.69, 9.17) is 4.74 Å². The van der Waals surface area contributed by atoms with Crippen LogP contribution in [0.25, 0.3) is 0 Å². The van der Waals surface area contributed by atoms with Gasteiger partial charge in [-0.05, 0) is 95.5 Å². The van der Waals surface area contributed by atoms with E-state index in [0.29, 0.717) is 12.2 Å². The van der Waals surface area contributed by atoms with Crippen LogP contribution in [0.3, 0.4) is 0 Å². The van der Waals surface area contributed by atoms with Gasteiger partial charge in [-0.2, -0.15) is 0 Å². The molecule has 3 aliphatic rings. The predicted molar refractivity (Wildman–Crippen MR) is 130 cm³/mol. The van der Waals surface area contributed by atoms with Crippen LogP contribution in [0.4, 0.5) is 0 Å². The summed E-state index contributed by atoms with van der Waals surface area (Å²) < 4.78 is 5.43. The van der Waals surface area contributed by atoms with E-state index in [-0.39, 0.29) is 12.1 Å². The van der Waals surface area contributed by atoms with Crippen molar-refractivity contribution in [1.82, 2.24) is 14.7 Å². The molecule has 0 radical (unpaired) electrons. The Bertz CT molecular complexity index is 689. The molecule has 0 aliphatic carbocycles. The fourth-order valence-corrected chi connectivity index (χ4v) is 5.97. The predicted octanol–water partition coefficient (Wildman–Crippen LogP) is 4.52. The van der Waals surface area contributed by atoms with Crippen molar-refractivity contribution in [3.8, 4) is 5.75 Å². The second-order valence-corrected chi connectivity index (χ2v) is 9.97. The van der Waals surface area contributed by atoms with Gasteiger partial charge in [0, 0.05) is 13.0 Å². The number of benzene rings is 1. The minimum atomic E-state index is -0.0356. The summed E-state index contributed by atoms with van der Waals surface area (Å²) in [4.78, 5) is 21.6. The van der Waals surface area contributed by atoms with E-state index in [1.165, 1.54) is 63.4 Å². The molecule has 1 aromatic rings. The normalized spacial score (nSPS) is 23.5. The Morgan fingerprint density at radius 1 is 0.781 bits per heavy atom. The maximum Gasteiger partial charge on any atom is 0.153 e. The van der Waals surface area contributed by atoms with E-state index in [2.05, 4.69) is 39.0 Å². The fraction of sp³-hybridized carbons (Fsp3) is 0.741. The Kier molecular flexibility index (Phi) is 9.01. The van der Waals surface area contributed by atoms with Gasteiger partial charge in [0.2, 0.25) is 0 Å². The topological polar surface area (TPSA) is 36.0 Å². The lowest BCUT2D eigenvalue weighted by molar-refractivity contribution is -0.128. The third-order valence-electron chi connectivity index (χ3n) is 7.78. The molecule has 0 saturated carbocycles. The first-order valence-electron chi connectivity index (χ1n) is 13.1. The maximum absolute atomic E-state index is 13.9. The molecule has 32 heavy (non-hydrogen) atoms. The van der Waals surface area contributed by atoms with Gasteiger partial charge in [0.05, 0.1) is 19.2 Å². The lowest BCUT2D eigenvalue weighted by Gasteiger charge is -2.44. The molecular formula is C27H43N3O2. The zero-order valence-corrected chi connectivity index (χ0v) is 20.1. The van der Waals surface area contributed by atoms with Crippen molar-refractivity contribution in [2.75, 3.05) is 52.9 Å². The van der Waals surface area contributed by atoms with Crippen molar-refractivity contribution in [3.05, 3.63) is 29.8 Å². The van der Waals surface area contributed by atoms with Crippen molar-refractivity contribution in [1.29, 1.82) is 0 Å². The number of ketones is 1. The third-order valence-corrected chi connectivity index (χ3v) is 7.78. The number of piperidine rings is 3. The van der Waals surface area contributed by atoms with Gasteiger partial charge in [-0.1, -0.05) is 31.4 Å². The van der Waals surface area contributed by atoms with Gasteiger partial charge in [0.25, 0.3) is 0 Å². The summed E-state index contributed by atoms with van der Waals surface area (Å²) in [7, 11) is 1.72. The van der Waals surface area contributed by atoms with Crippen LogP contribution >= 0.6 is 0 Å². The smallest absolute Gasteiger partial charge is 0.153 e.